The van der Waals surface area contributed by atoms with E-state index in [1.807, 2.05) is 22.8 Å². The number of aryl methyl sites for hydroxylation is 1. The van der Waals surface area contributed by atoms with Gasteiger partial charge in [0.1, 0.15) is 10.7 Å². The van der Waals surface area contributed by atoms with E-state index in [1.54, 1.807) is 11.3 Å². The lowest BCUT2D eigenvalue weighted by molar-refractivity contribution is 0.216. The van der Waals surface area contributed by atoms with E-state index in [0.29, 0.717) is 6.42 Å². The molecule has 0 atom stereocenters. The van der Waals surface area contributed by atoms with Gasteiger partial charge in [-0.05, 0) is 51.0 Å². The molecule has 0 aliphatic carbocycles. The smallest absolute Gasteiger partial charge is 0.263 e. The minimum atomic E-state index is 0.113. The summed E-state index contributed by atoms with van der Waals surface area (Å²) in [4.78, 5) is 22.2. The van der Waals surface area contributed by atoms with Gasteiger partial charge in [0.25, 0.3) is 5.56 Å². The second-order valence-corrected chi connectivity index (χ2v) is 9.45. The molecule has 31 heavy (non-hydrogen) atoms. The molecule has 0 N–H and O–H groups in total. The summed E-state index contributed by atoms with van der Waals surface area (Å²) in [5, 5.41) is 2.86. The number of benzene rings is 2. The molecule has 158 valence electrons. The SMILES string of the molecule is Cc1ccc(-c2csc3nc(Cc4ccccc4)n(C4CCN(C)CC4)c(=O)c23)cc1. The van der Waals surface area contributed by atoms with E-state index in [-0.39, 0.29) is 11.6 Å². The largest absolute Gasteiger partial charge is 0.306 e. The molecule has 5 heteroatoms. The molecule has 0 radical (unpaired) electrons. The molecule has 1 saturated heterocycles. The number of piperidine rings is 1. The molecule has 2 aromatic carbocycles. The van der Waals surface area contributed by atoms with Crippen molar-refractivity contribution in [2.45, 2.75) is 32.2 Å². The highest BCUT2D eigenvalue weighted by Gasteiger charge is 2.25. The van der Waals surface area contributed by atoms with E-state index in [2.05, 4.69) is 60.6 Å². The predicted molar refractivity (Wildman–Crippen MR) is 129 cm³/mol. The Morgan fingerprint density at radius 1 is 1.03 bits per heavy atom. The summed E-state index contributed by atoms with van der Waals surface area (Å²) in [5.74, 6) is 0.885. The van der Waals surface area contributed by atoms with Crippen LogP contribution in [0.2, 0.25) is 0 Å². The summed E-state index contributed by atoms with van der Waals surface area (Å²) in [7, 11) is 2.15. The van der Waals surface area contributed by atoms with Crippen molar-refractivity contribution in [1.82, 2.24) is 14.5 Å². The number of hydrogen-bond donors (Lipinski definition) is 0. The number of rotatable bonds is 4. The summed E-state index contributed by atoms with van der Waals surface area (Å²) in [5.41, 5.74) is 4.61. The van der Waals surface area contributed by atoms with Crippen molar-refractivity contribution in [3.05, 3.63) is 87.3 Å². The standard InChI is InChI=1S/C26H27N3OS/c1-18-8-10-20(11-9-18)22-17-31-25-24(22)26(30)29(21-12-14-28(2)15-13-21)23(27-25)16-19-6-4-3-5-7-19/h3-11,17,21H,12-16H2,1-2H3. The van der Waals surface area contributed by atoms with Crippen molar-refractivity contribution >= 4 is 21.6 Å². The van der Waals surface area contributed by atoms with Gasteiger partial charge in [-0.25, -0.2) is 4.98 Å². The van der Waals surface area contributed by atoms with Crippen molar-refractivity contribution in [3.63, 3.8) is 0 Å². The van der Waals surface area contributed by atoms with E-state index >= 15 is 0 Å². The van der Waals surface area contributed by atoms with Crippen LogP contribution in [0.5, 0.6) is 0 Å². The number of aromatic nitrogens is 2. The fourth-order valence-corrected chi connectivity index (χ4v) is 5.48. The minimum Gasteiger partial charge on any atom is -0.306 e. The van der Waals surface area contributed by atoms with Crippen molar-refractivity contribution in [2.75, 3.05) is 20.1 Å². The lowest BCUT2D eigenvalue weighted by atomic mass is 10.0. The van der Waals surface area contributed by atoms with Gasteiger partial charge >= 0.3 is 0 Å². The molecule has 0 unspecified atom stereocenters. The molecule has 4 nitrogen and oxygen atoms in total. The fourth-order valence-electron chi connectivity index (χ4n) is 4.52. The minimum absolute atomic E-state index is 0.113. The molecule has 3 heterocycles. The topological polar surface area (TPSA) is 38.1 Å². The monoisotopic (exact) mass is 429 g/mol. The Bertz CT molecular complexity index is 1250. The lowest BCUT2D eigenvalue weighted by Crippen LogP contribution is -2.37. The van der Waals surface area contributed by atoms with Crippen LogP contribution in [0.4, 0.5) is 0 Å². The summed E-state index contributed by atoms with van der Waals surface area (Å²) in [6, 6.07) is 19.0. The number of hydrogen-bond acceptors (Lipinski definition) is 4. The molecule has 4 aromatic rings. The quantitative estimate of drug-likeness (QED) is 0.442. The molecule has 1 aliphatic rings. The van der Waals surface area contributed by atoms with Gasteiger partial charge in [0.05, 0.1) is 5.39 Å². The van der Waals surface area contributed by atoms with Gasteiger partial charge in [0.15, 0.2) is 0 Å². The first kappa shape index (κ1) is 20.2. The zero-order valence-corrected chi connectivity index (χ0v) is 18.9. The van der Waals surface area contributed by atoms with Gasteiger partial charge in [-0.3, -0.25) is 9.36 Å². The number of thiophene rings is 1. The maximum Gasteiger partial charge on any atom is 0.263 e. The van der Waals surface area contributed by atoms with E-state index in [0.717, 1.165) is 53.1 Å². The summed E-state index contributed by atoms with van der Waals surface area (Å²) < 4.78 is 2.02. The van der Waals surface area contributed by atoms with Crippen LogP contribution in [0.3, 0.4) is 0 Å². The Morgan fingerprint density at radius 2 is 1.74 bits per heavy atom. The van der Waals surface area contributed by atoms with Crippen LogP contribution in [0.25, 0.3) is 21.3 Å². The van der Waals surface area contributed by atoms with Gasteiger partial charge in [0, 0.05) is 23.4 Å². The van der Waals surface area contributed by atoms with Crippen LogP contribution in [0.15, 0.2) is 64.8 Å². The van der Waals surface area contributed by atoms with Crippen LogP contribution >= 0.6 is 11.3 Å². The van der Waals surface area contributed by atoms with Gasteiger partial charge in [-0.2, -0.15) is 0 Å². The zero-order chi connectivity index (χ0) is 21.4. The predicted octanol–water partition coefficient (Wildman–Crippen LogP) is 5.29. The summed E-state index contributed by atoms with van der Waals surface area (Å²) >= 11 is 1.57. The molecule has 0 amide bonds. The van der Waals surface area contributed by atoms with E-state index in [1.165, 1.54) is 11.1 Å². The lowest BCUT2D eigenvalue weighted by Gasteiger charge is -2.31. The van der Waals surface area contributed by atoms with Gasteiger partial charge in [0.2, 0.25) is 0 Å². The number of likely N-dealkylation sites (tertiary alicyclic amines) is 1. The molecule has 0 bridgehead atoms. The van der Waals surface area contributed by atoms with Crippen molar-refractivity contribution < 1.29 is 0 Å². The Hall–Kier alpha value is -2.76. The second kappa shape index (κ2) is 8.40. The highest BCUT2D eigenvalue weighted by Crippen LogP contribution is 2.33. The molecule has 0 saturated carbocycles. The third-order valence-corrected chi connectivity index (χ3v) is 7.21. The third-order valence-electron chi connectivity index (χ3n) is 6.33. The molecule has 1 aliphatic heterocycles. The normalized spacial score (nSPS) is 15.5. The Balaban J connectivity index is 1.68. The molecule has 1 fully saturated rings. The highest BCUT2D eigenvalue weighted by molar-refractivity contribution is 7.17. The third kappa shape index (κ3) is 3.95. The molecular formula is C26H27N3OS. The number of nitrogens with zero attached hydrogens (tertiary/aromatic N) is 3. The van der Waals surface area contributed by atoms with Crippen molar-refractivity contribution in [1.29, 1.82) is 0 Å². The second-order valence-electron chi connectivity index (χ2n) is 8.60. The van der Waals surface area contributed by atoms with Crippen LogP contribution in [0, 0.1) is 6.92 Å². The fraction of sp³-hybridized carbons (Fsp3) is 0.308. The van der Waals surface area contributed by atoms with Gasteiger partial charge in [-0.15, -0.1) is 11.3 Å². The van der Waals surface area contributed by atoms with Crippen LogP contribution in [-0.4, -0.2) is 34.6 Å². The Labute approximate surface area is 186 Å². The first-order chi connectivity index (χ1) is 15.1. The average molecular weight is 430 g/mol. The Kier molecular flexibility index (Phi) is 5.47. The van der Waals surface area contributed by atoms with Gasteiger partial charge < -0.3 is 4.90 Å². The first-order valence-corrected chi connectivity index (χ1v) is 11.8. The molecule has 2 aromatic heterocycles. The molecule has 0 spiro atoms. The van der Waals surface area contributed by atoms with Crippen molar-refractivity contribution in [3.8, 4) is 11.1 Å². The highest BCUT2D eigenvalue weighted by atomic mass is 32.1. The van der Waals surface area contributed by atoms with Crippen LogP contribution in [0.1, 0.15) is 35.8 Å². The Morgan fingerprint density at radius 3 is 2.45 bits per heavy atom. The number of fused-ring (bicyclic) bond motifs is 1. The molecular weight excluding hydrogens is 402 g/mol. The van der Waals surface area contributed by atoms with Crippen LogP contribution in [-0.2, 0) is 6.42 Å². The van der Waals surface area contributed by atoms with E-state index in [4.69, 9.17) is 4.98 Å². The van der Waals surface area contributed by atoms with Gasteiger partial charge in [-0.1, -0.05) is 60.2 Å². The van der Waals surface area contributed by atoms with E-state index in [9.17, 15) is 4.79 Å². The molecule has 5 rings (SSSR count). The van der Waals surface area contributed by atoms with Crippen molar-refractivity contribution in [2.24, 2.45) is 0 Å². The maximum absolute atomic E-state index is 14.0. The first-order valence-electron chi connectivity index (χ1n) is 10.9. The van der Waals surface area contributed by atoms with E-state index < -0.39 is 0 Å². The maximum atomic E-state index is 14.0. The zero-order valence-electron chi connectivity index (χ0n) is 18.0. The summed E-state index contributed by atoms with van der Waals surface area (Å²) in [6.07, 6.45) is 2.64. The average Bonchev–Trinajstić information content (AvgIpc) is 3.20. The summed E-state index contributed by atoms with van der Waals surface area (Å²) in [6.45, 7) is 4.10. The van der Waals surface area contributed by atoms with Crippen LogP contribution < -0.4 is 5.56 Å².